The lowest BCUT2D eigenvalue weighted by atomic mass is 10.1. The topological polar surface area (TPSA) is 29.3 Å². The van der Waals surface area contributed by atoms with Crippen LogP contribution in [0.5, 0.6) is 0 Å². The number of fused-ring (bicyclic) bond motifs is 1. The Bertz CT molecular complexity index is 977. The van der Waals surface area contributed by atoms with Gasteiger partial charge in [0.25, 0.3) is 0 Å². The lowest BCUT2D eigenvalue weighted by Gasteiger charge is -2.09. The number of benzene rings is 2. The van der Waals surface area contributed by atoms with Gasteiger partial charge in [-0.3, -0.25) is 4.40 Å². The smallest absolute Gasteiger partial charge is 0.139 e. The van der Waals surface area contributed by atoms with Crippen molar-refractivity contribution >= 4 is 11.5 Å². The molecule has 3 nitrogen and oxygen atoms in total. The molecule has 0 amide bonds. The average molecular weight is 317 g/mol. The summed E-state index contributed by atoms with van der Waals surface area (Å²) in [6, 6.07) is 22.5. The summed E-state index contributed by atoms with van der Waals surface area (Å²) in [5.74, 6) is 0.596. The average Bonchev–Trinajstić information content (AvgIpc) is 2.99. The predicted molar refractivity (Wildman–Crippen MR) is 94.4 cm³/mol. The zero-order valence-electron chi connectivity index (χ0n) is 13.0. The van der Waals surface area contributed by atoms with Crippen molar-refractivity contribution in [3.8, 4) is 11.3 Å². The number of rotatable bonds is 4. The zero-order chi connectivity index (χ0) is 16.4. The molecule has 0 aliphatic rings. The summed E-state index contributed by atoms with van der Waals surface area (Å²) < 4.78 is 15.6. The van der Waals surface area contributed by atoms with E-state index in [1.807, 2.05) is 53.1 Å². The number of hydrogen-bond donors (Lipinski definition) is 1. The van der Waals surface area contributed by atoms with E-state index in [0.29, 0.717) is 6.54 Å². The largest absolute Gasteiger partial charge is 0.365 e. The summed E-state index contributed by atoms with van der Waals surface area (Å²) in [5, 5.41) is 3.45. The maximum Gasteiger partial charge on any atom is 0.139 e. The van der Waals surface area contributed by atoms with Crippen LogP contribution >= 0.6 is 0 Å². The van der Waals surface area contributed by atoms with Gasteiger partial charge in [-0.2, -0.15) is 0 Å². The van der Waals surface area contributed by atoms with Crippen LogP contribution in [0, 0.1) is 5.82 Å². The van der Waals surface area contributed by atoms with Gasteiger partial charge >= 0.3 is 0 Å². The van der Waals surface area contributed by atoms with Crippen LogP contribution in [-0.2, 0) is 6.54 Å². The van der Waals surface area contributed by atoms with E-state index in [2.05, 4.69) is 22.4 Å². The highest BCUT2D eigenvalue weighted by Gasteiger charge is 2.14. The highest BCUT2D eigenvalue weighted by molar-refractivity contribution is 5.76. The van der Waals surface area contributed by atoms with E-state index in [1.54, 1.807) is 6.07 Å². The minimum atomic E-state index is -0.265. The Hall–Kier alpha value is -3.14. The predicted octanol–water partition coefficient (Wildman–Crippen LogP) is 4.75. The monoisotopic (exact) mass is 317 g/mol. The van der Waals surface area contributed by atoms with Crippen LogP contribution in [0.4, 0.5) is 10.2 Å². The number of pyridine rings is 1. The number of halogens is 1. The number of hydrogen-bond acceptors (Lipinski definition) is 2. The summed E-state index contributed by atoms with van der Waals surface area (Å²) in [6.07, 6.45) is 1.96. The number of nitrogens with zero attached hydrogens (tertiary/aromatic N) is 2. The molecule has 0 aliphatic heterocycles. The van der Waals surface area contributed by atoms with E-state index in [0.717, 1.165) is 22.7 Å². The first kappa shape index (κ1) is 14.5. The van der Waals surface area contributed by atoms with Crippen LogP contribution in [0.1, 0.15) is 5.56 Å². The lowest BCUT2D eigenvalue weighted by Crippen LogP contribution is -2.03. The van der Waals surface area contributed by atoms with Gasteiger partial charge in [-0.05, 0) is 29.8 Å². The molecule has 2 aromatic carbocycles. The van der Waals surface area contributed by atoms with Gasteiger partial charge < -0.3 is 5.32 Å². The van der Waals surface area contributed by atoms with Gasteiger partial charge in [0, 0.05) is 18.3 Å². The van der Waals surface area contributed by atoms with Crippen molar-refractivity contribution in [2.45, 2.75) is 6.54 Å². The minimum Gasteiger partial charge on any atom is -0.365 e. The molecule has 0 unspecified atom stereocenters. The molecule has 4 heteroatoms. The Morgan fingerprint density at radius 1 is 0.917 bits per heavy atom. The molecule has 2 heterocycles. The van der Waals surface area contributed by atoms with Gasteiger partial charge in [-0.1, -0.05) is 48.5 Å². The molecule has 4 rings (SSSR count). The van der Waals surface area contributed by atoms with Gasteiger partial charge in [-0.15, -0.1) is 0 Å². The number of anilines is 1. The molecule has 4 aromatic rings. The van der Waals surface area contributed by atoms with E-state index in [-0.39, 0.29) is 5.82 Å². The Morgan fingerprint density at radius 3 is 2.58 bits per heavy atom. The fourth-order valence-electron chi connectivity index (χ4n) is 2.78. The van der Waals surface area contributed by atoms with E-state index >= 15 is 0 Å². The molecule has 24 heavy (non-hydrogen) atoms. The van der Waals surface area contributed by atoms with Crippen LogP contribution in [0.3, 0.4) is 0 Å². The molecule has 0 saturated carbocycles. The quantitative estimate of drug-likeness (QED) is 0.588. The molecule has 0 aliphatic carbocycles. The Labute approximate surface area is 139 Å². The molecule has 0 saturated heterocycles. The summed E-state index contributed by atoms with van der Waals surface area (Å²) in [5.41, 5.74) is 3.51. The standard InChI is InChI=1S/C20H16FN3/c21-17-10-6-9-16(13-17)19-20(22-14-15-7-2-1-3-8-15)24-12-5-4-11-18(24)23-19/h1-13,22H,14H2. The summed E-state index contributed by atoms with van der Waals surface area (Å²) in [4.78, 5) is 4.67. The van der Waals surface area contributed by atoms with Crippen LogP contribution in [0.25, 0.3) is 16.9 Å². The third-order valence-corrected chi connectivity index (χ3v) is 3.93. The fraction of sp³-hybridized carbons (Fsp3) is 0.0500. The first-order valence-electron chi connectivity index (χ1n) is 7.82. The third-order valence-electron chi connectivity index (χ3n) is 3.93. The first-order chi connectivity index (χ1) is 11.8. The summed E-state index contributed by atoms with van der Waals surface area (Å²) in [6.45, 7) is 0.672. The first-order valence-corrected chi connectivity index (χ1v) is 7.82. The van der Waals surface area contributed by atoms with Crippen molar-refractivity contribution in [3.05, 3.63) is 90.4 Å². The van der Waals surface area contributed by atoms with E-state index < -0.39 is 0 Å². The van der Waals surface area contributed by atoms with Gasteiger partial charge in [0.05, 0.1) is 0 Å². The number of aromatic nitrogens is 2. The molecule has 0 atom stereocenters. The van der Waals surface area contributed by atoms with Crippen molar-refractivity contribution in [1.29, 1.82) is 0 Å². The molecule has 2 aromatic heterocycles. The van der Waals surface area contributed by atoms with E-state index in [4.69, 9.17) is 0 Å². The van der Waals surface area contributed by atoms with Crippen molar-refractivity contribution in [1.82, 2.24) is 9.38 Å². The van der Waals surface area contributed by atoms with Crippen LogP contribution in [0.2, 0.25) is 0 Å². The number of nitrogens with one attached hydrogen (secondary N) is 1. The summed E-state index contributed by atoms with van der Waals surface area (Å²) >= 11 is 0. The normalized spacial score (nSPS) is 10.9. The van der Waals surface area contributed by atoms with Crippen molar-refractivity contribution < 1.29 is 4.39 Å². The van der Waals surface area contributed by atoms with Gasteiger partial charge in [0.2, 0.25) is 0 Å². The Morgan fingerprint density at radius 2 is 1.75 bits per heavy atom. The Balaban J connectivity index is 1.78. The maximum atomic E-state index is 13.6. The molecule has 0 bridgehead atoms. The molecule has 0 spiro atoms. The van der Waals surface area contributed by atoms with Crippen molar-refractivity contribution in [2.75, 3.05) is 5.32 Å². The molecule has 1 N–H and O–H groups in total. The fourth-order valence-corrected chi connectivity index (χ4v) is 2.78. The molecule has 0 fully saturated rings. The highest BCUT2D eigenvalue weighted by atomic mass is 19.1. The second-order valence-corrected chi connectivity index (χ2v) is 5.59. The van der Waals surface area contributed by atoms with Crippen LogP contribution < -0.4 is 5.32 Å². The second kappa shape index (κ2) is 6.16. The molecule has 0 radical (unpaired) electrons. The van der Waals surface area contributed by atoms with Crippen LogP contribution in [0.15, 0.2) is 79.0 Å². The van der Waals surface area contributed by atoms with Crippen molar-refractivity contribution in [3.63, 3.8) is 0 Å². The minimum absolute atomic E-state index is 0.265. The molecule has 118 valence electrons. The van der Waals surface area contributed by atoms with Crippen molar-refractivity contribution in [2.24, 2.45) is 0 Å². The third kappa shape index (κ3) is 2.74. The van der Waals surface area contributed by atoms with Gasteiger partial charge in [-0.25, -0.2) is 9.37 Å². The zero-order valence-corrected chi connectivity index (χ0v) is 13.0. The van der Waals surface area contributed by atoms with E-state index in [9.17, 15) is 4.39 Å². The maximum absolute atomic E-state index is 13.6. The lowest BCUT2D eigenvalue weighted by molar-refractivity contribution is 0.628. The molecular weight excluding hydrogens is 301 g/mol. The van der Waals surface area contributed by atoms with Gasteiger partial charge in [0.1, 0.15) is 23.0 Å². The molecular formula is C20H16FN3. The SMILES string of the molecule is Fc1cccc(-c2nc3ccccn3c2NCc2ccccc2)c1. The van der Waals surface area contributed by atoms with Gasteiger partial charge in [0.15, 0.2) is 0 Å². The van der Waals surface area contributed by atoms with Crippen LogP contribution in [-0.4, -0.2) is 9.38 Å². The Kier molecular flexibility index (Phi) is 3.71. The number of imidazole rings is 1. The second-order valence-electron chi connectivity index (χ2n) is 5.59. The van der Waals surface area contributed by atoms with E-state index in [1.165, 1.54) is 17.7 Å². The summed E-state index contributed by atoms with van der Waals surface area (Å²) in [7, 11) is 0. The highest BCUT2D eigenvalue weighted by Crippen LogP contribution is 2.29.